The van der Waals surface area contributed by atoms with E-state index in [0.717, 1.165) is 22.5 Å². The number of rotatable bonds is 2. The van der Waals surface area contributed by atoms with Gasteiger partial charge in [-0.3, -0.25) is 14.5 Å². The molecule has 3 aromatic carbocycles. The Balaban J connectivity index is 1.62. The second-order valence-electron chi connectivity index (χ2n) is 8.46. The lowest BCUT2D eigenvalue weighted by molar-refractivity contribution is 0.0693. The molecule has 2 heterocycles. The fourth-order valence-corrected chi connectivity index (χ4v) is 5.20. The number of allylic oxidation sites excluding steroid dienone is 2. The summed E-state index contributed by atoms with van der Waals surface area (Å²) in [5, 5.41) is 9.21. The van der Waals surface area contributed by atoms with E-state index in [1.807, 2.05) is 42.5 Å². The number of amides is 2. The molecule has 3 aliphatic rings. The standard InChI is InChI=1S/C28H19N3O2/c1-30-27(32)22-9-5-11-24(25(22)28(30)33)31-23-10-3-2-6-20(23)21-8-4-7-19(26(21)31)18-14-12-17(16-29)13-15-18/h2-15,20,23H,1H3. The van der Waals surface area contributed by atoms with E-state index >= 15 is 0 Å². The first-order valence-corrected chi connectivity index (χ1v) is 10.8. The topological polar surface area (TPSA) is 64.4 Å². The van der Waals surface area contributed by atoms with Gasteiger partial charge in [0.1, 0.15) is 0 Å². The summed E-state index contributed by atoms with van der Waals surface area (Å²) in [6.07, 6.45) is 8.43. The van der Waals surface area contributed by atoms with Crippen LogP contribution in [0.1, 0.15) is 37.8 Å². The molecule has 158 valence electrons. The van der Waals surface area contributed by atoms with Crippen molar-refractivity contribution < 1.29 is 9.59 Å². The van der Waals surface area contributed by atoms with E-state index in [4.69, 9.17) is 0 Å². The third kappa shape index (κ3) is 2.64. The highest BCUT2D eigenvalue weighted by Crippen LogP contribution is 2.53. The van der Waals surface area contributed by atoms with Gasteiger partial charge in [-0.2, -0.15) is 5.26 Å². The molecule has 0 fully saturated rings. The quantitative estimate of drug-likeness (QED) is 0.527. The van der Waals surface area contributed by atoms with Gasteiger partial charge < -0.3 is 4.90 Å². The minimum absolute atomic E-state index is 0.00941. The summed E-state index contributed by atoms with van der Waals surface area (Å²) in [6, 6.07) is 21.5. The SMILES string of the molecule is CN1C(=O)c2cccc(N3c4c(-c5ccc(C#N)cc5)cccc4C4C=CC=CC43)c2C1=O. The first-order valence-electron chi connectivity index (χ1n) is 10.8. The number of anilines is 2. The maximum Gasteiger partial charge on any atom is 0.263 e. The molecule has 0 N–H and O–H groups in total. The van der Waals surface area contributed by atoms with Crippen molar-refractivity contribution >= 4 is 23.2 Å². The average Bonchev–Trinajstić information content (AvgIpc) is 3.32. The number of para-hydroxylation sites is 1. The molecule has 33 heavy (non-hydrogen) atoms. The van der Waals surface area contributed by atoms with Gasteiger partial charge >= 0.3 is 0 Å². The molecule has 0 saturated heterocycles. The van der Waals surface area contributed by atoms with Gasteiger partial charge in [-0.1, -0.05) is 60.7 Å². The first kappa shape index (κ1) is 19.3. The van der Waals surface area contributed by atoms with E-state index in [1.165, 1.54) is 17.5 Å². The molecule has 6 rings (SSSR count). The molecule has 2 atom stereocenters. The lowest BCUT2D eigenvalue weighted by Crippen LogP contribution is -2.30. The Morgan fingerprint density at radius 3 is 2.36 bits per heavy atom. The summed E-state index contributed by atoms with van der Waals surface area (Å²) < 4.78 is 0. The number of fused-ring (bicyclic) bond motifs is 4. The monoisotopic (exact) mass is 429 g/mol. The number of imide groups is 1. The van der Waals surface area contributed by atoms with Crippen LogP contribution in [0.15, 0.2) is 85.0 Å². The Labute approximate surface area is 191 Å². The molecular formula is C28H19N3O2. The maximum atomic E-state index is 13.1. The Hall–Kier alpha value is -4.43. The van der Waals surface area contributed by atoms with Gasteiger partial charge in [0.05, 0.1) is 40.2 Å². The number of benzene rings is 3. The van der Waals surface area contributed by atoms with Crippen molar-refractivity contribution in [3.63, 3.8) is 0 Å². The molecule has 3 aromatic rings. The minimum atomic E-state index is -0.276. The van der Waals surface area contributed by atoms with Crippen LogP contribution in [0.25, 0.3) is 11.1 Å². The van der Waals surface area contributed by atoms with Gasteiger partial charge in [-0.15, -0.1) is 0 Å². The van der Waals surface area contributed by atoms with Crippen LogP contribution in [0, 0.1) is 11.3 Å². The van der Waals surface area contributed by atoms with E-state index < -0.39 is 0 Å². The third-order valence-corrected chi connectivity index (χ3v) is 6.75. The summed E-state index contributed by atoms with van der Waals surface area (Å²) in [5.74, 6) is -0.418. The zero-order valence-corrected chi connectivity index (χ0v) is 17.9. The zero-order chi connectivity index (χ0) is 22.7. The van der Waals surface area contributed by atoms with Crippen molar-refractivity contribution in [2.45, 2.75) is 12.0 Å². The van der Waals surface area contributed by atoms with Gasteiger partial charge in [-0.25, -0.2) is 0 Å². The molecule has 0 bridgehead atoms. The molecule has 2 aliphatic heterocycles. The summed E-state index contributed by atoms with van der Waals surface area (Å²) in [5.41, 5.74) is 6.46. The van der Waals surface area contributed by atoms with Crippen molar-refractivity contribution in [3.05, 3.63) is 107 Å². The lowest BCUT2D eigenvalue weighted by atomic mass is 9.90. The van der Waals surface area contributed by atoms with E-state index in [1.54, 1.807) is 6.07 Å². The van der Waals surface area contributed by atoms with E-state index in [0.29, 0.717) is 16.7 Å². The highest BCUT2D eigenvalue weighted by Gasteiger charge is 2.43. The molecule has 0 aromatic heterocycles. The lowest BCUT2D eigenvalue weighted by Gasteiger charge is -2.31. The van der Waals surface area contributed by atoms with Gasteiger partial charge in [0.25, 0.3) is 11.8 Å². The van der Waals surface area contributed by atoms with Crippen LogP contribution in [-0.2, 0) is 0 Å². The number of hydrogen-bond acceptors (Lipinski definition) is 4. The Morgan fingerprint density at radius 1 is 0.848 bits per heavy atom. The number of carbonyl (C=O) groups excluding carboxylic acids is 2. The smallest absolute Gasteiger partial charge is 0.263 e. The molecule has 0 radical (unpaired) electrons. The number of carbonyl (C=O) groups is 2. The van der Waals surface area contributed by atoms with Crippen LogP contribution < -0.4 is 4.90 Å². The van der Waals surface area contributed by atoms with Crippen LogP contribution in [0.2, 0.25) is 0 Å². The molecule has 2 amide bonds. The number of nitriles is 1. The van der Waals surface area contributed by atoms with Crippen LogP contribution in [0.4, 0.5) is 11.4 Å². The van der Waals surface area contributed by atoms with Gasteiger partial charge in [0, 0.05) is 18.5 Å². The van der Waals surface area contributed by atoms with Crippen LogP contribution in [0.5, 0.6) is 0 Å². The third-order valence-electron chi connectivity index (χ3n) is 6.75. The summed E-state index contributed by atoms with van der Waals surface area (Å²) in [6.45, 7) is 0. The summed E-state index contributed by atoms with van der Waals surface area (Å²) in [4.78, 5) is 29.2. The van der Waals surface area contributed by atoms with Crippen LogP contribution >= 0.6 is 0 Å². The summed E-state index contributed by atoms with van der Waals surface area (Å²) >= 11 is 0. The van der Waals surface area contributed by atoms with Crippen molar-refractivity contribution in [2.75, 3.05) is 11.9 Å². The molecule has 0 saturated carbocycles. The largest absolute Gasteiger partial charge is 0.332 e. The molecule has 5 heteroatoms. The molecule has 2 unspecified atom stereocenters. The normalized spacial score (nSPS) is 20.0. The predicted octanol–water partition coefficient (Wildman–Crippen LogP) is 5.18. The predicted molar refractivity (Wildman–Crippen MR) is 126 cm³/mol. The van der Waals surface area contributed by atoms with Gasteiger partial charge in [0.2, 0.25) is 0 Å². The molecule has 0 spiro atoms. The summed E-state index contributed by atoms with van der Waals surface area (Å²) in [7, 11) is 1.53. The van der Waals surface area contributed by atoms with Crippen molar-refractivity contribution in [1.29, 1.82) is 5.26 Å². The Bertz CT molecular complexity index is 1440. The van der Waals surface area contributed by atoms with Crippen molar-refractivity contribution in [1.82, 2.24) is 4.90 Å². The first-order chi connectivity index (χ1) is 16.1. The maximum absolute atomic E-state index is 13.1. The van der Waals surface area contributed by atoms with E-state index in [9.17, 15) is 14.9 Å². The highest BCUT2D eigenvalue weighted by atomic mass is 16.2. The van der Waals surface area contributed by atoms with Gasteiger partial charge in [0.15, 0.2) is 0 Å². The number of hydrogen-bond donors (Lipinski definition) is 0. The fraction of sp³-hybridized carbons (Fsp3) is 0.107. The second-order valence-corrected chi connectivity index (χ2v) is 8.46. The highest BCUT2D eigenvalue weighted by molar-refractivity contribution is 6.24. The van der Waals surface area contributed by atoms with E-state index in [2.05, 4.69) is 47.4 Å². The van der Waals surface area contributed by atoms with Crippen LogP contribution in [-0.4, -0.2) is 29.8 Å². The zero-order valence-electron chi connectivity index (χ0n) is 17.9. The minimum Gasteiger partial charge on any atom is -0.332 e. The number of nitrogens with zero attached hydrogens (tertiary/aromatic N) is 3. The second kappa shape index (κ2) is 7.04. The van der Waals surface area contributed by atoms with Crippen molar-refractivity contribution in [3.8, 4) is 17.2 Å². The Morgan fingerprint density at radius 2 is 1.58 bits per heavy atom. The van der Waals surface area contributed by atoms with E-state index in [-0.39, 0.29) is 23.8 Å². The van der Waals surface area contributed by atoms with Gasteiger partial charge in [-0.05, 0) is 35.4 Å². The average molecular weight is 429 g/mol. The molecular weight excluding hydrogens is 410 g/mol. The molecule has 5 nitrogen and oxygen atoms in total. The van der Waals surface area contributed by atoms with Crippen molar-refractivity contribution in [2.24, 2.45) is 0 Å². The molecule has 1 aliphatic carbocycles. The Kier molecular flexibility index (Phi) is 4.11. The van der Waals surface area contributed by atoms with Crippen LogP contribution in [0.3, 0.4) is 0 Å². The fourth-order valence-electron chi connectivity index (χ4n) is 5.20.